The highest BCUT2D eigenvalue weighted by Gasteiger charge is 2.26. The molecule has 8 nitrogen and oxygen atoms in total. The molecule has 2 atom stereocenters. The van der Waals surface area contributed by atoms with Crippen LogP contribution in [0, 0.1) is 17.0 Å². The number of carbonyl (C=O) groups excluding carboxylic acids is 1. The largest absolute Gasteiger partial charge is 0.465 e. The van der Waals surface area contributed by atoms with Crippen molar-refractivity contribution in [1.82, 2.24) is 5.32 Å². The van der Waals surface area contributed by atoms with Gasteiger partial charge in [-0.05, 0) is 38.6 Å². The second kappa shape index (κ2) is 7.83. The SMILES string of the molecule is CNCCC(O)C(O)c1cc(C(=O)OC)c(C)c([N+](=O)[O-])c1. The van der Waals surface area contributed by atoms with Crippen LogP contribution in [0.5, 0.6) is 0 Å². The Morgan fingerprint density at radius 2 is 2.09 bits per heavy atom. The number of rotatable bonds is 7. The third-order valence-corrected chi connectivity index (χ3v) is 3.40. The molecule has 0 heterocycles. The first kappa shape index (κ1) is 18.0. The lowest BCUT2D eigenvalue weighted by Crippen LogP contribution is -2.23. The van der Waals surface area contributed by atoms with Gasteiger partial charge in [0.05, 0.1) is 23.7 Å². The number of methoxy groups -OCH3 is 1. The van der Waals surface area contributed by atoms with Crippen LogP contribution in [-0.4, -0.2) is 47.9 Å². The molecule has 0 saturated heterocycles. The summed E-state index contributed by atoms with van der Waals surface area (Å²) in [5.41, 5.74) is -0.0665. The number of carbonyl (C=O) groups is 1. The van der Waals surface area contributed by atoms with E-state index < -0.39 is 23.1 Å². The molecule has 0 saturated carbocycles. The van der Waals surface area contributed by atoms with Crippen molar-refractivity contribution in [1.29, 1.82) is 0 Å². The molecule has 0 spiro atoms. The maximum atomic E-state index is 11.7. The molecule has 0 radical (unpaired) electrons. The maximum Gasteiger partial charge on any atom is 0.338 e. The van der Waals surface area contributed by atoms with Gasteiger partial charge in [-0.2, -0.15) is 0 Å². The maximum absolute atomic E-state index is 11.7. The van der Waals surface area contributed by atoms with Crippen molar-refractivity contribution in [2.75, 3.05) is 20.7 Å². The summed E-state index contributed by atoms with van der Waals surface area (Å²) in [6.45, 7) is 1.90. The average Bonchev–Trinajstić information content (AvgIpc) is 2.50. The molecule has 2 unspecified atom stereocenters. The highest BCUT2D eigenvalue weighted by Crippen LogP contribution is 2.29. The quantitative estimate of drug-likeness (QED) is 0.384. The van der Waals surface area contributed by atoms with Crippen LogP contribution in [-0.2, 0) is 4.74 Å². The molecule has 1 aromatic carbocycles. The minimum atomic E-state index is -1.34. The number of aliphatic hydroxyl groups is 2. The molecule has 0 aliphatic rings. The fraction of sp³-hybridized carbons (Fsp3) is 0.500. The van der Waals surface area contributed by atoms with Gasteiger partial charge in [0.2, 0.25) is 0 Å². The number of esters is 1. The van der Waals surface area contributed by atoms with Crippen LogP contribution in [0.4, 0.5) is 5.69 Å². The number of nitro benzene ring substituents is 1. The van der Waals surface area contributed by atoms with Crippen LogP contribution in [0.2, 0.25) is 0 Å². The molecule has 0 fully saturated rings. The molecule has 3 N–H and O–H groups in total. The smallest absolute Gasteiger partial charge is 0.338 e. The van der Waals surface area contributed by atoms with Gasteiger partial charge < -0.3 is 20.3 Å². The van der Waals surface area contributed by atoms with E-state index in [0.717, 1.165) is 6.07 Å². The molecule has 0 aliphatic heterocycles. The average molecular weight is 312 g/mol. The van der Waals surface area contributed by atoms with Crippen molar-refractivity contribution >= 4 is 11.7 Å². The van der Waals surface area contributed by atoms with Crippen molar-refractivity contribution in [3.63, 3.8) is 0 Å². The van der Waals surface area contributed by atoms with Gasteiger partial charge in [0.25, 0.3) is 5.69 Å². The van der Waals surface area contributed by atoms with Crippen LogP contribution in [0.3, 0.4) is 0 Å². The van der Waals surface area contributed by atoms with Crippen LogP contribution >= 0.6 is 0 Å². The Kier molecular flexibility index (Phi) is 6.41. The molecular formula is C14H20N2O6. The molecule has 0 amide bonds. The second-order valence-electron chi connectivity index (χ2n) is 4.87. The molecule has 22 heavy (non-hydrogen) atoms. The zero-order valence-corrected chi connectivity index (χ0v) is 12.7. The van der Waals surface area contributed by atoms with E-state index >= 15 is 0 Å². The summed E-state index contributed by atoms with van der Waals surface area (Å²) in [5, 5.41) is 34.0. The Bertz CT molecular complexity index is 561. The monoisotopic (exact) mass is 312 g/mol. The van der Waals surface area contributed by atoms with E-state index in [4.69, 9.17) is 0 Å². The second-order valence-corrected chi connectivity index (χ2v) is 4.87. The van der Waals surface area contributed by atoms with E-state index in [1.54, 1.807) is 7.05 Å². The summed E-state index contributed by atoms with van der Waals surface area (Å²) in [7, 11) is 2.86. The normalized spacial score (nSPS) is 13.5. The van der Waals surface area contributed by atoms with E-state index in [0.29, 0.717) is 6.54 Å². The Morgan fingerprint density at radius 1 is 1.45 bits per heavy atom. The third-order valence-electron chi connectivity index (χ3n) is 3.40. The minimum Gasteiger partial charge on any atom is -0.465 e. The Labute approximate surface area is 127 Å². The zero-order chi connectivity index (χ0) is 16.9. The van der Waals surface area contributed by atoms with Gasteiger partial charge in [0.1, 0.15) is 6.10 Å². The van der Waals surface area contributed by atoms with Gasteiger partial charge >= 0.3 is 5.97 Å². The van der Waals surface area contributed by atoms with E-state index in [1.165, 1.54) is 20.1 Å². The Morgan fingerprint density at radius 3 is 2.59 bits per heavy atom. The summed E-state index contributed by atoms with van der Waals surface area (Å²) >= 11 is 0. The molecule has 0 aliphatic carbocycles. The highest BCUT2D eigenvalue weighted by molar-refractivity contribution is 5.92. The lowest BCUT2D eigenvalue weighted by Gasteiger charge is -2.19. The number of hydrogen-bond acceptors (Lipinski definition) is 7. The standard InChI is InChI=1S/C14H20N2O6/c1-8-10(14(19)22-3)6-9(7-11(8)16(20)21)13(18)12(17)4-5-15-2/h6-7,12-13,15,17-18H,4-5H2,1-3H3. The van der Waals surface area contributed by atoms with Crippen molar-refractivity contribution in [3.8, 4) is 0 Å². The number of nitrogens with zero attached hydrogens (tertiary/aromatic N) is 1. The first-order valence-corrected chi connectivity index (χ1v) is 6.71. The number of ether oxygens (including phenoxy) is 1. The fourth-order valence-corrected chi connectivity index (χ4v) is 2.08. The molecule has 0 aromatic heterocycles. The summed E-state index contributed by atoms with van der Waals surface area (Å²) in [6.07, 6.45) is -2.19. The molecular weight excluding hydrogens is 292 g/mol. The first-order valence-electron chi connectivity index (χ1n) is 6.71. The van der Waals surface area contributed by atoms with Crippen LogP contribution in [0.15, 0.2) is 12.1 Å². The van der Waals surface area contributed by atoms with Gasteiger partial charge in [0.15, 0.2) is 0 Å². The van der Waals surface area contributed by atoms with E-state index in [1.807, 2.05) is 0 Å². The van der Waals surface area contributed by atoms with Crippen LogP contribution in [0.1, 0.15) is 34.0 Å². The van der Waals surface area contributed by atoms with Gasteiger partial charge in [-0.3, -0.25) is 10.1 Å². The molecule has 8 heteroatoms. The topological polar surface area (TPSA) is 122 Å². The fourth-order valence-electron chi connectivity index (χ4n) is 2.08. The summed E-state index contributed by atoms with van der Waals surface area (Å²) in [5.74, 6) is -0.737. The summed E-state index contributed by atoms with van der Waals surface area (Å²) in [6, 6.07) is 2.47. The minimum absolute atomic E-state index is 0.00781. The zero-order valence-electron chi connectivity index (χ0n) is 12.7. The van der Waals surface area contributed by atoms with Crippen molar-refractivity contribution < 1.29 is 24.7 Å². The molecule has 1 rings (SSSR count). The lowest BCUT2D eigenvalue weighted by atomic mass is 9.96. The van der Waals surface area contributed by atoms with E-state index in [-0.39, 0.29) is 28.8 Å². The Hall–Kier alpha value is -2.03. The predicted molar refractivity (Wildman–Crippen MR) is 78.7 cm³/mol. The number of nitrogens with one attached hydrogen (secondary N) is 1. The van der Waals surface area contributed by atoms with E-state index in [9.17, 15) is 25.1 Å². The number of hydrogen-bond donors (Lipinski definition) is 3. The van der Waals surface area contributed by atoms with Crippen LogP contribution in [0.25, 0.3) is 0 Å². The van der Waals surface area contributed by atoms with Crippen molar-refractivity contribution in [3.05, 3.63) is 38.9 Å². The first-order chi connectivity index (χ1) is 10.3. The number of benzene rings is 1. The predicted octanol–water partition coefficient (Wildman–Crippen LogP) is 0.694. The Balaban J connectivity index is 3.27. The van der Waals surface area contributed by atoms with Gasteiger partial charge in [-0.15, -0.1) is 0 Å². The van der Waals surface area contributed by atoms with Crippen molar-refractivity contribution in [2.24, 2.45) is 0 Å². The summed E-state index contributed by atoms with van der Waals surface area (Å²) in [4.78, 5) is 22.2. The number of aliphatic hydroxyl groups excluding tert-OH is 2. The lowest BCUT2D eigenvalue weighted by molar-refractivity contribution is -0.385. The van der Waals surface area contributed by atoms with Crippen molar-refractivity contribution in [2.45, 2.75) is 25.6 Å². The van der Waals surface area contributed by atoms with Gasteiger partial charge in [0, 0.05) is 11.6 Å². The van der Waals surface area contributed by atoms with E-state index in [2.05, 4.69) is 10.1 Å². The van der Waals surface area contributed by atoms with Crippen LogP contribution < -0.4 is 5.32 Å². The van der Waals surface area contributed by atoms with Gasteiger partial charge in [-0.1, -0.05) is 0 Å². The third kappa shape index (κ3) is 4.00. The molecule has 0 bridgehead atoms. The molecule has 122 valence electrons. The number of nitro groups is 1. The van der Waals surface area contributed by atoms with Gasteiger partial charge in [-0.25, -0.2) is 4.79 Å². The highest BCUT2D eigenvalue weighted by atomic mass is 16.6. The summed E-state index contributed by atoms with van der Waals surface area (Å²) < 4.78 is 4.60. The molecule has 1 aromatic rings.